The highest BCUT2D eigenvalue weighted by atomic mass is 16.5. The molecule has 4 nitrogen and oxygen atoms in total. The van der Waals surface area contributed by atoms with Crippen molar-refractivity contribution in [2.75, 3.05) is 13.7 Å². The van der Waals surface area contributed by atoms with Crippen molar-refractivity contribution in [1.82, 2.24) is 9.78 Å². The van der Waals surface area contributed by atoms with E-state index >= 15 is 0 Å². The van der Waals surface area contributed by atoms with E-state index in [1.807, 2.05) is 20.2 Å². The predicted octanol–water partition coefficient (Wildman–Crippen LogP) is 1.20. The van der Waals surface area contributed by atoms with Gasteiger partial charge in [0.25, 0.3) is 0 Å². The third kappa shape index (κ3) is 4.25. The Morgan fingerprint density at radius 1 is 1.67 bits per heavy atom. The molecule has 1 atom stereocenters. The number of aryl methyl sites for hydroxylation is 1. The van der Waals surface area contributed by atoms with Gasteiger partial charge in [0.05, 0.1) is 6.20 Å². The number of aromatic nitrogens is 2. The van der Waals surface area contributed by atoms with Gasteiger partial charge in [-0.3, -0.25) is 9.48 Å². The molecule has 0 spiro atoms. The molecular formula is C11H18N2O2. The summed E-state index contributed by atoms with van der Waals surface area (Å²) >= 11 is 0. The van der Waals surface area contributed by atoms with E-state index in [2.05, 4.69) is 5.10 Å². The van der Waals surface area contributed by atoms with Crippen molar-refractivity contribution in [2.24, 2.45) is 13.0 Å². The molecule has 1 heterocycles. The Morgan fingerprint density at radius 2 is 2.40 bits per heavy atom. The smallest absolute Gasteiger partial charge is 0.137 e. The fraction of sp³-hybridized carbons (Fsp3) is 0.636. The normalized spacial score (nSPS) is 12.7. The Hall–Kier alpha value is -1.16. The van der Waals surface area contributed by atoms with Crippen LogP contribution in [0.25, 0.3) is 0 Å². The number of ether oxygens (including phenoxy) is 1. The second-order valence-electron chi connectivity index (χ2n) is 4.00. The van der Waals surface area contributed by atoms with Gasteiger partial charge in [0, 0.05) is 39.8 Å². The summed E-state index contributed by atoms with van der Waals surface area (Å²) in [7, 11) is 3.50. The van der Waals surface area contributed by atoms with E-state index in [1.165, 1.54) is 0 Å². The molecule has 0 bridgehead atoms. The second-order valence-corrected chi connectivity index (χ2v) is 4.00. The van der Waals surface area contributed by atoms with E-state index in [0.717, 1.165) is 5.56 Å². The summed E-state index contributed by atoms with van der Waals surface area (Å²) in [6, 6.07) is 0. The summed E-state index contributed by atoms with van der Waals surface area (Å²) in [5.41, 5.74) is 0.979. The fourth-order valence-electron chi connectivity index (χ4n) is 1.60. The van der Waals surface area contributed by atoms with E-state index in [1.54, 1.807) is 18.0 Å². The second kappa shape index (κ2) is 5.66. The van der Waals surface area contributed by atoms with Gasteiger partial charge < -0.3 is 4.74 Å². The molecule has 0 aromatic carbocycles. The van der Waals surface area contributed by atoms with E-state index in [9.17, 15) is 4.79 Å². The summed E-state index contributed by atoms with van der Waals surface area (Å²) in [6.07, 6.45) is 4.66. The number of nitrogens with zero attached hydrogens (tertiary/aromatic N) is 2. The molecule has 4 heteroatoms. The minimum absolute atomic E-state index is 0.243. The quantitative estimate of drug-likeness (QED) is 0.708. The zero-order valence-electron chi connectivity index (χ0n) is 9.56. The monoisotopic (exact) mass is 210 g/mol. The molecule has 84 valence electrons. The molecule has 1 unspecified atom stereocenters. The number of rotatable bonds is 6. The van der Waals surface area contributed by atoms with Gasteiger partial charge in [0.2, 0.25) is 0 Å². The van der Waals surface area contributed by atoms with Crippen LogP contribution in [0.1, 0.15) is 18.9 Å². The van der Waals surface area contributed by atoms with Crippen LogP contribution in [0.2, 0.25) is 0 Å². The molecule has 1 rings (SSSR count). The molecule has 0 N–H and O–H groups in total. The summed E-state index contributed by atoms with van der Waals surface area (Å²) in [5.74, 6) is 0.534. The topological polar surface area (TPSA) is 44.1 Å². The van der Waals surface area contributed by atoms with Gasteiger partial charge in [-0.15, -0.1) is 0 Å². The number of methoxy groups -OCH3 is 1. The lowest BCUT2D eigenvalue weighted by atomic mass is 10.0. The lowest BCUT2D eigenvalue weighted by molar-refractivity contribution is -0.119. The Labute approximate surface area is 90.2 Å². The SMILES string of the molecule is COCC(C)CC(=O)Cc1cnn(C)c1. The van der Waals surface area contributed by atoms with Crippen LogP contribution in [0.15, 0.2) is 12.4 Å². The predicted molar refractivity (Wildman–Crippen MR) is 57.6 cm³/mol. The van der Waals surface area contributed by atoms with Gasteiger partial charge in [-0.2, -0.15) is 5.10 Å². The van der Waals surface area contributed by atoms with E-state index in [-0.39, 0.29) is 5.78 Å². The van der Waals surface area contributed by atoms with Crippen molar-refractivity contribution in [3.63, 3.8) is 0 Å². The van der Waals surface area contributed by atoms with Crippen LogP contribution in [-0.4, -0.2) is 29.3 Å². The average Bonchev–Trinajstić information content (AvgIpc) is 2.51. The largest absolute Gasteiger partial charge is 0.384 e. The van der Waals surface area contributed by atoms with Crippen LogP contribution in [0.4, 0.5) is 0 Å². The van der Waals surface area contributed by atoms with Gasteiger partial charge in [-0.25, -0.2) is 0 Å². The first-order valence-electron chi connectivity index (χ1n) is 5.10. The maximum Gasteiger partial charge on any atom is 0.137 e. The molecule has 0 radical (unpaired) electrons. The molecule has 0 aliphatic rings. The maximum absolute atomic E-state index is 11.6. The van der Waals surface area contributed by atoms with Gasteiger partial charge in [0.1, 0.15) is 5.78 Å². The Bertz CT molecular complexity index is 320. The summed E-state index contributed by atoms with van der Waals surface area (Å²) in [4.78, 5) is 11.6. The summed E-state index contributed by atoms with van der Waals surface area (Å²) in [5, 5.41) is 4.02. The van der Waals surface area contributed by atoms with Crippen molar-refractivity contribution in [1.29, 1.82) is 0 Å². The van der Waals surface area contributed by atoms with Crippen molar-refractivity contribution in [3.05, 3.63) is 18.0 Å². The lowest BCUT2D eigenvalue weighted by Crippen LogP contribution is -2.12. The highest BCUT2D eigenvalue weighted by Crippen LogP contribution is 2.07. The van der Waals surface area contributed by atoms with Gasteiger partial charge in [0.15, 0.2) is 0 Å². The Kier molecular flexibility index (Phi) is 4.49. The molecule has 1 aromatic heterocycles. The van der Waals surface area contributed by atoms with Crippen molar-refractivity contribution >= 4 is 5.78 Å². The first kappa shape index (κ1) is 11.9. The van der Waals surface area contributed by atoms with E-state index in [0.29, 0.717) is 25.4 Å². The fourth-order valence-corrected chi connectivity index (χ4v) is 1.60. The van der Waals surface area contributed by atoms with Crippen molar-refractivity contribution in [3.8, 4) is 0 Å². The van der Waals surface area contributed by atoms with Gasteiger partial charge >= 0.3 is 0 Å². The first-order chi connectivity index (χ1) is 7.11. The van der Waals surface area contributed by atoms with Crippen molar-refractivity contribution in [2.45, 2.75) is 19.8 Å². The Balaban J connectivity index is 2.36. The van der Waals surface area contributed by atoms with Crippen molar-refractivity contribution < 1.29 is 9.53 Å². The number of ketones is 1. The van der Waals surface area contributed by atoms with Crippen LogP contribution < -0.4 is 0 Å². The zero-order chi connectivity index (χ0) is 11.3. The average molecular weight is 210 g/mol. The van der Waals surface area contributed by atoms with Crippen LogP contribution in [0, 0.1) is 5.92 Å². The van der Waals surface area contributed by atoms with Crippen LogP contribution in [-0.2, 0) is 23.0 Å². The van der Waals surface area contributed by atoms with Crippen LogP contribution >= 0.6 is 0 Å². The van der Waals surface area contributed by atoms with Crippen LogP contribution in [0.3, 0.4) is 0 Å². The first-order valence-corrected chi connectivity index (χ1v) is 5.10. The summed E-state index contributed by atoms with van der Waals surface area (Å²) < 4.78 is 6.70. The highest BCUT2D eigenvalue weighted by Gasteiger charge is 2.10. The molecule has 1 aromatic rings. The zero-order valence-corrected chi connectivity index (χ0v) is 9.56. The molecule has 0 saturated carbocycles. The number of hydrogen-bond acceptors (Lipinski definition) is 3. The van der Waals surface area contributed by atoms with Gasteiger partial charge in [-0.1, -0.05) is 6.92 Å². The molecular weight excluding hydrogens is 192 g/mol. The highest BCUT2D eigenvalue weighted by molar-refractivity contribution is 5.80. The Morgan fingerprint density at radius 3 is 2.93 bits per heavy atom. The molecule has 15 heavy (non-hydrogen) atoms. The number of carbonyl (C=O) groups is 1. The molecule has 0 fully saturated rings. The molecule has 0 saturated heterocycles. The maximum atomic E-state index is 11.6. The van der Waals surface area contributed by atoms with E-state index < -0.39 is 0 Å². The van der Waals surface area contributed by atoms with Crippen LogP contribution in [0.5, 0.6) is 0 Å². The third-order valence-corrected chi connectivity index (χ3v) is 2.19. The minimum Gasteiger partial charge on any atom is -0.384 e. The van der Waals surface area contributed by atoms with E-state index in [4.69, 9.17) is 4.74 Å². The molecule has 0 aliphatic heterocycles. The standard InChI is InChI=1S/C11H18N2O2/c1-9(8-15-3)4-11(14)5-10-6-12-13(2)7-10/h6-7,9H,4-5,8H2,1-3H3. The number of Topliss-reactive ketones (excluding diaryl/α,β-unsaturated/α-hetero) is 1. The number of hydrogen-bond donors (Lipinski definition) is 0. The third-order valence-electron chi connectivity index (χ3n) is 2.19. The lowest BCUT2D eigenvalue weighted by Gasteiger charge is -2.07. The minimum atomic E-state index is 0.243. The number of carbonyl (C=O) groups excluding carboxylic acids is 1. The molecule has 0 aliphatic carbocycles. The van der Waals surface area contributed by atoms with Gasteiger partial charge in [-0.05, 0) is 11.5 Å². The molecule has 0 amide bonds. The summed E-state index contributed by atoms with van der Waals surface area (Å²) in [6.45, 7) is 2.66.